The summed E-state index contributed by atoms with van der Waals surface area (Å²) in [4.78, 5) is -0.199. The zero-order chi connectivity index (χ0) is 14.0. The van der Waals surface area contributed by atoms with Gasteiger partial charge < -0.3 is 5.73 Å². The molecular formula is C13H11F2NO2S. The van der Waals surface area contributed by atoms with Crippen LogP contribution in [0.1, 0.15) is 5.56 Å². The van der Waals surface area contributed by atoms with Crippen molar-refractivity contribution in [1.29, 1.82) is 0 Å². The van der Waals surface area contributed by atoms with E-state index in [1.54, 1.807) is 0 Å². The zero-order valence-electron chi connectivity index (χ0n) is 9.81. The van der Waals surface area contributed by atoms with Crippen molar-refractivity contribution in [1.82, 2.24) is 0 Å². The van der Waals surface area contributed by atoms with Crippen LogP contribution in [0.5, 0.6) is 0 Å². The SMILES string of the molecule is Nc1cccc(F)c1CS(=O)(=O)c1cccc(F)c1. The van der Waals surface area contributed by atoms with E-state index in [1.807, 2.05) is 0 Å². The minimum absolute atomic E-state index is 0.0555. The van der Waals surface area contributed by atoms with Gasteiger partial charge in [0.15, 0.2) is 9.84 Å². The molecule has 6 heteroatoms. The lowest BCUT2D eigenvalue weighted by molar-refractivity contribution is 0.584. The van der Waals surface area contributed by atoms with Gasteiger partial charge in [0.1, 0.15) is 11.6 Å². The van der Waals surface area contributed by atoms with Crippen molar-refractivity contribution >= 4 is 15.5 Å². The van der Waals surface area contributed by atoms with Crippen LogP contribution in [-0.4, -0.2) is 8.42 Å². The minimum atomic E-state index is -3.84. The van der Waals surface area contributed by atoms with E-state index >= 15 is 0 Å². The fourth-order valence-electron chi connectivity index (χ4n) is 1.66. The number of anilines is 1. The molecule has 19 heavy (non-hydrogen) atoms. The van der Waals surface area contributed by atoms with Gasteiger partial charge in [0.2, 0.25) is 0 Å². The summed E-state index contributed by atoms with van der Waals surface area (Å²) in [6.45, 7) is 0. The molecule has 0 aliphatic carbocycles. The van der Waals surface area contributed by atoms with E-state index in [0.29, 0.717) is 0 Å². The molecule has 0 heterocycles. The first-order chi connectivity index (χ1) is 8.90. The lowest BCUT2D eigenvalue weighted by Crippen LogP contribution is -2.09. The Kier molecular flexibility index (Phi) is 3.53. The van der Waals surface area contributed by atoms with Crippen molar-refractivity contribution in [3.05, 3.63) is 59.7 Å². The van der Waals surface area contributed by atoms with Gasteiger partial charge in [-0.3, -0.25) is 0 Å². The summed E-state index contributed by atoms with van der Waals surface area (Å²) in [6, 6.07) is 8.51. The smallest absolute Gasteiger partial charge is 0.182 e. The molecule has 2 aromatic rings. The Balaban J connectivity index is 2.42. The minimum Gasteiger partial charge on any atom is -0.398 e. The van der Waals surface area contributed by atoms with Crippen LogP contribution in [-0.2, 0) is 15.6 Å². The van der Waals surface area contributed by atoms with Crippen LogP contribution >= 0.6 is 0 Å². The molecular weight excluding hydrogens is 272 g/mol. The lowest BCUT2D eigenvalue weighted by Gasteiger charge is -2.08. The number of halogens is 2. The third-order valence-electron chi connectivity index (χ3n) is 2.64. The van der Waals surface area contributed by atoms with Gasteiger partial charge in [-0.2, -0.15) is 0 Å². The van der Waals surface area contributed by atoms with Gasteiger partial charge in [0, 0.05) is 11.3 Å². The van der Waals surface area contributed by atoms with E-state index in [0.717, 1.165) is 18.2 Å². The second-order valence-corrected chi connectivity index (χ2v) is 6.01. The van der Waals surface area contributed by atoms with Gasteiger partial charge in [-0.1, -0.05) is 12.1 Å². The van der Waals surface area contributed by atoms with Crippen molar-refractivity contribution in [3.8, 4) is 0 Å². The van der Waals surface area contributed by atoms with Crippen LogP contribution in [0.2, 0.25) is 0 Å². The maximum absolute atomic E-state index is 13.6. The van der Waals surface area contributed by atoms with E-state index in [2.05, 4.69) is 0 Å². The van der Waals surface area contributed by atoms with Gasteiger partial charge >= 0.3 is 0 Å². The van der Waals surface area contributed by atoms with E-state index < -0.39 is 27.2 Å². The molecule has 0 aromatic heterocycles. The third-order valence-corrected chi connectivity index (χ3v) is 4.29. The van der Waals surface area contributed by atoms with Crippen LogP contribution in [0.3, 0.4) is 0 Å². The number of benzene rings is 2. The first-order valence-corrected chi connectivity index (χ1v) is 7.06. The largest absolute Gasteiger partial charge is 0.398 e. The van der Waals surface area contributed by atoms with E-state index in [-0.39, 0.29) is 16.1 Å². The summed E-state index contributed by atoms with van der Waals surface area (Å²) in [7, 11) is -3.84. The predicted molar refractivity (Wildman–Crippen MR) is 68.1 cm³/mol. The number of nitrogens with two attached hydrogens (primary N) is 1. The first kappa shape index (κ1) is 13.5. The summed E-state index contributed by atoms with van der Waals surface area (Å²) >= 11 is 0. The molecule has 0 saturated carbocycles. The second-order valence-electron chi connectivity index (χ2n) is 4.02. The molecule has 0 bridgehead atoms. The topological polar surface area (TPSA) is 60.2 Å². The maximum atomic E-state index is 13.6. The Morgan fingerprint density at radius 3 is 2.37 bits per heavy atom. The molecule has 2 rings (SSSR count). The number of hydrogen-bond acceptors (Lipinski definition) is 3. The van der Waals surface area contributed by atoms with Crippen molar-refractivity contribution in [3.63, 3.8) is 0 Å². The number of sulfone groups is 1. The number of rotatable bonds is 3. The average Bonchev–Trinajstić information content (AvgIpc) is 2.34. The van der Waals surface area contributed by atoms with E-state index in [4.69, 9.17) is 5.73 Å². The molecule has 0 amide bonds. The van der Waals surface area contributed by atoms with Crippen LogP contribution < -0.4 is 5.73 Å². The van der Waals surface area contributed by atoms with Crippen molar-refractivity contribution < 1.29 is 17.2 Å². The van der Waals surface area contributed by atoms with Crippen LogP contribution in [0.4, 0.5) is 14.5 Å². The molecule has 0 radical (unpaired) electrons. The monoisotopic (exact) mass is 283 g/mol. The average molecular weight is 283 g/mol. The van der Waals surface area contributed by atoms with Gasteiger partial charge in [-0.15, -0.1) is 0 Å². The van der Waals surface area contributed by atoms with Gasteiger partial charge in [0.05, 0.1) is 10.6 Å². The van der Waals surface area contributed by atoms with E-state index in [1.165, 1.54) is 24.3 Å². The fraction of sp³-hybridized carbons (Fsp3) is 0.0769. The fourth-order valence-corrected chi connectivity index (χ4v) is 3.09. The quantitative estimate of drug-likeness (QED) is 0.880. The van der Waals surface area contributed by atoms with Crippen molar-refractivity contribution in [2.45, 2.75) is 10.6 Å². The molecule has 3 nitrogen and oxygen atoms in total. The van der Waals surface area contributed by atoms with Gasteiger partial charge in [0.25, 0.3) is 0 Å². The van der Waals surface area contributed by atoms with Gasteiger partial charge in [-0.25, -0.2) is 17.2 Å². The molecule has 0 saturated heterocycles. The Labute approximate surface area is 109 Å². The molecule has 0 aliphatic rings. The Bertz CT molecular complexity index is 694. The number of hydrogen-bond donors (Lipinski definition) is 1. The molecule has 0 atom stereocenters. The summed E-state index contributed by atoms with van der Waals surface area (Å²) in [6.07, 6.45) is 0. The molecule has 0 aliphatic heterocycles. The molecule has 0 fully saturated rings. The summed E-state index contributed by atoms with van der Waals surface area (Å²) in [5.41, 5.74) is 5.51. The van der Waals surface area contributed by atoms with E-state index in [9.17, 15) is 17.2 Å². The molecule has 100 valence electrons. The molecule has 2 N–H and O–H groups in total. The summed E-state index contributed by atoms with van der Waals surface area (Å²) in [5, 5.41) is 0. The lowest BCUT2D eigenvalue weighted by atomic mass is 10.2. The maximum Gasteiger partial charge on any atom is 0.182 e. The standard InChI is InChI=1S/C13H11F2NO2S/c14-9-3-1-4-10(7-9)19(17,18)8-11-12(15)5-2-6-13(11)16/h1-7H,8,16H2. The first-order valence-electron chi connectivity index (χ1n) is 5.41. The normalized spacial score (nSPS) is 11.5. The zero-order valence-corrected chi connectivity index (χ0v) is 10.6. The molecule has 2 aromatic carbocycles. The van der Waals surface area contributed by atoms with Crippen LogP contribution in [0.25, 0.3) is 0 Å². The predicted octanol–water partition coefficient (Wildman–Crippen LogP) is 2.52. The second kappa shape index (κ2) is 4.97. The summed E-state index contributed by atoms with van der Waals surface area (Å²) in [5.74, 6) is -1.96. The summed E-state index contributed by atoms with van der Waals surface area (Å²) < 4.78 is 50.7. The third kappa shape index (κ3) is 2.90. The Morgan fingerprint density at radius 2 is 1.74 bits per heavy atom. The number of nitrogen functional groups attached to an aromatic ring is 1. The highest BCUT2D eigenvalue weighted by atomic mass is 32.2. The Morgan fingerprint density at radius 1 is 1.05 bits per heavy atom. The van der Waals surface area contributed by atoms with Crippen LogP contribution in [0, 0.1) is 11.6 Å². The molecule has 0 unspecified atom stereocenters. The highest BCUT2D eigenvalue weighted by Gasteiger charge is 2.19. The highest BCUT2D eigenvalue weighted by Crippen LogP contribution is 2.23. The highest BCUT2D eigenvalue weighted by molar-refractivity contribution is 7.90. The van der Waals surface area contributed by atoms with Gasteiger partial charge in [-0.05, 0) is 30.3 Å². The van der Waals surface area contributed by atoms with Crippen LogP contribution in [0.15, 0.2) is 47.4 Å². The Hall–Kier alpha value is -1.95. The molecule has 0 spiro atoms. The van der Waals surface area contributed by atoms with Crippen molar-refractivity contribution in [2.24, 2.45) is 0 Å². The van der Waals surface area contributed by atoms with Crippen molar-refractivity contribution in [2.75, 3.05) is 5.73 Å².